The van der Waals surface area contributed by atoms with E-state index in [1.165, 1.54) is 12.1 Å². The molecule has 0 aliphatic carbocycles. The van der Waals surface area contributed by atoms with Crippen LogP contribution in [-0.2, 0) is 0 Å². The van der Waals surface area contributed by atoms with Gasteiger partial charge < -0.3 is 14.6 Å². The van der Waals surface area contributed by atoms with Gasteiger partial charge in [-0.15, -0.1) is 0 Å². The van der Waals surface area contributed by atoms with Gasteiger partial charge in [0.2, 0.25) is 0 Å². The summed E-state index contributed by atoms with van der Waals surface area (Å²) in [4.78, 5) is 17.2. The molecular weight excluding hydrogens is 436 g/mol. The fourth-order valence-corrected chi connectivity index (χ4v) is 4.46. The summed E-state index contributed by atoms with van der Waals surface area (Å²) >= 11 is 5.74. The topological polar surface area (TPSA) is 84.4 Å². The summed E-state index contributed by atoms with van der Waals surface area (Å²) in [5.74, 6) is 1.34. The molecular formula is C25H20N4O3S. The smallest absolute Gasteiger partial charge is 0.269 e. The number of aromatic nitrogens is 1. The lowest BCUT2D eigenvalue weighted by molar-refractivity contribution is -0.384. The van der Waals surface area contributed by atoms with Gasteiger partial charge in [-0.2, -0.15) is 0 Å². The second kappa shape index (κ2) is 8.48. The molecule has 0 radical (unpaired) electrons. The molecule has 0 unspecified atom stereocenters. The van der Waals surface area contributed by atoms with Gasteiger partial charge >= 0.3 is 0 Å². The highest BCUT2D eigenvalue weighted by Gasteiger charge is 2.42. The number of nitro groups is 1. The molecule has 1 N–H and O–H groups in total. The minimum atomic E-state index is -0.417. The van der Waals surface area contributed by atoms with Crippen LogP contribution in [-0.4, -0.2) is 15.0 Å². The monoisotopic (exact) mass is 456 g/mol. The highest BCUT2D eigenvalue weighted by atomic mass is 32.1. The summed E-state index contributed by atoms with van der Waals surface area (Å²) in [7, 11) is 0. The Balaban J connectivity index is 1.57. The van der Waals surface area contributed by atoms with E-state index in [9.17, 15) is 10.1 Å². The number of benzene rings is 2. The molecule has 0 spiro atoms. The van der Waals surface area contributed by atoms with Gasteiger partial charge in [0.05, 0.1) is 16.7 Å². The van der Waals surface area contributed by atoms with Crippen LogP contribution in [0.2, 0.25) is 0 Å². The van der Waals surface area contributed by atoms with Gasteiger partial charge in [-0.25, -0.2) is 0 Å². The molecule has 3 heterocycles. The summed E-state index contributed by atoms with van der Waals surface area (Å²) < 4.78 is 6.30. The Labute approximate surface area is 195 Å². The van der Waals surface area contributed by atoms with E-state index in [0.29, 0.717) is 16.6 Å². The van der Waals surface area contributed by atoms with Crippen LogP contribution < -0.4 is 10.2 Å². The Morgan fingerprint density at radius 1 is 1.06 bits per heavy atom. The Bertz CT molecular complexity index is 1320. The van der Waals surface area contributed by atoms with E-state index in [-0.39, 0.29) is 17.8 Å². The Hall–Kier alpha value is -4.04. The first kappa shape index (κ1) is 20.8. The maximum atomic E-state index is 11.0. The van der Waals surface area contributed by atoms with Crippen molar-refractivity contribution < 1.29 is 9.34 Å². The third kappa shape index (κ3) is 3.96. The second-order valence-electron chi connectivity index (χ2n) is 7.84. The number of pyridine rings is 1. The second-order valence-corrected chi connectivity index (χ2v) is 8.23. The van der Waals surface area contributed by atoms with E-state index in [0.717, 1.165) is 22.5 Å². The third-order valence-corrected chi connectivity index (χ3v) is 5.97. The van der Waals surface area contributed by atoms with Gasteiger partial charge in [0.25, 0.3) is 5.69 Å². The number of nitro benzene ring substituents is 1. The lowest BCUT2D eigenvalue weighted by Gasteiger charge is -2.26. The van der Waals surface area contributed by atoms with Crippen LogP contribution in [0.4, 0.5) is 11.4 Å². The van der Waals surface area contributed by atoms with Gasteiger partial charge in [-0.3, -0.25) is 15.1 Å². The van der Waals surface area contributed by atoms with Crippen molar-refractivity contribution in [3.05, 3.63) is 112 Å². The van der Waals surface area contributed by atoms with Crippen molar-refractivity contribution in [1.29, 1.82) is 0 Å². The van der Waals surface area contributed by atoms with E-state index >= 15 is 0 Å². The van der Waals surface area contributed by atoms with Gasteiger partial charge in [0, 0.05) is 29.6 Å². The Morgan fingerprint density at radius 2 is 1.88 bits per heavy atom. The minimum absolute atomic E-state index is 0.0386. The highest BCUT2D eigenvalue weighted by Crippen LogP contribution is 2.43. The summed E-state index contributed by atoms with van der Waals surface area (Å²) in [6.07, 6.45) is 1.76. The predicted octanol–water partition coefficient (Wildman–Crippen LogP) is 5.74. The summed E-state index contributed by atoms with van der Waals surface area (Å²) in [5, 5.41) is 15.0. The first-order valence-corrected chi connectivity index (χ1v) is 10.8. The van der Waals surface area contributed by atoms with Crippen LogP contribution in [0.15, 0.2) is 89.5 Å². The highest BCUT2D eigenvalue weighted by molar-refractivity contribution is 7.80. The van der Waals surface area contributed by atoms with Crippen LogP contribution in [0.5, 0.6) is 0 Å². The van der Waals surface area contributed by atoms with Crippen LogP contribution in [0.3, 0.4) is 0 Å². The first-order chi connectivity index (χ1) is 16.0. The van der Waals surface area contributed by atoms with Crippen LogP contribution >= 0.6 is 12.2 Å². The van der Waals surface area contributed by atoms with Crippen molar-refractivity contribution >= 4 is 28.7 Å². The van der Waals surface area contributed by atoms with Crippen LogP contribution in [0.25, 0.3) is 11.3 Å². The van der Waals surface area contributed by atoms with Crippen molar-refractivity contribution in [2.75, 3.05) is 4.90 Å². The number of rotatable bonds is 5. The molecule has 0 amide bonds. The molecule has 5 rings (SSSR count). The van der Waals surface area contributed by atoms with Crippen molar-refractivity contribution in [1.82, 2.24) is 10.3 Å². The van der Waals surface area contributed by atoms with E-state index in [2.05, 4.69) is 21.3 Å². The molecule has 0 bridgehead atoms. The molecule has 164 valence electrons. The third-order valence-electron chi connectivity index (χ3n) is 5.66. The average Bonchev–Trinajstić information content (AvgIpc) is 3.44. The Morgan fingerprint density at radius 3 is 2.58 bits per heavy atom. The van der Waals surface area contributed by atoms with Gasteiger partial charge in [0.15, 0.2) is 5.11 Å². The lowest BCUT2D eigenvalue weighted by atomic mass is 10.0. The maximum absolute atomic E-state index is 11.0. The normalized spacial score (nSPS) is 17.7. The lowest BCUT2D eigenvalue weighted by Crippen LogP contribution is -2.29. The predicted molar refractivity (Wildman–Crippen MR) is 130 cm³/mol. The van der Waals surface area contributed by atoms with Crippen molar-refractivity contribution in [3.63, 3.8) is 0 Å². The molecule has 0 saturated carbocycles. The molecule has 8 heteroatoms. The van der Waals surface area contributed by atoms with Crippen LogP contribution in [0.1, 0.15) is 29.1 Å². The minimum Gasteiger partial charge on any atom is -0.459 e. The zero-order valence-electron chi connectivity index (χ0n) is 17.7. The molecule has 1 saturated heterocycles. The summed E-state index contributed by atoms with van der Waals surface area (Å²) in [6.45, 7) is 2.04. The number of furan rings is 1. The number of aryl methyl sites for hydroxylation is 1. The van der Waals surface area contributed by atoms with Gasteiger partial charge in [0.1, 0.15) is 17.6 Å². The van der Waals surface area contributed by atoms with Gasteiger partial charge in [-0.1, -0.05) is 18.2 Å². The molecule has 2 aromatic heterocycles. The van der Waals surface area contributed by atoms with E-state index < -0.39 is 4.92 Å². The average molecular weight is 457 g/mol. The van der Waals surface area contributed by atoms with Crippen molar-refractivity contribution in [2.24, 2.45) is 0 Å². The zero-order chi connectivity index (χ0) is 22.9. The number of nitrogens with zero attached hydrogens (tertiary/aromatic N) is 3. The zero-order valence-corrected chi connectivity index (χ0v) is 18.5. The van der Waals surface area contributed by atoms with E-state index in [1.54, 1.807) is 18.3 Å². The fraction of sp³-hybridized carbons (Fsp3) is 0.120. The van der Waals surface area contributed by atoms with Crippen molar-refractivity contribution in [2.45, 2.75) is 19.0 Å². The fourth-order valence-electron chi connectivity index (χ4n) is 4.11. The van der Waals surface area contributed by atoms with Gasteiger partial charge in [-0.05, 0) is 73.2 Å². The number of anilines is 1. The number of nitrogens with one attached hydrogen (secondary N) is 1. The summed E-state index contributed by atoms with van der Waals surface area (Å²) in [5.41, 5.74) is 3.74. The van der Waals surface area contributed by atoms with E-state index in [4.69, 9.17) is 16.6 Å². The molecule has 7 nitrogen and oxygen atoms in total. The molecule has 33 heavy (non-hydrogen) atoms. The molecule has 1 aliphatic heterocycles. The number of thiocarbonyl (C=S) groups is 1. The first-order valence-electron chi connectivity index (χ1n) is 10.4. The van der Waals surface area contributed by atoms with E-state index in [1.807, 2.05) is 55.5 Å². The summed E-state index contributed by atoms with van der Waals surface area (Å²) in [6, 6.07) is 23.6. The quantitative estimate of drug-likeness (QED) is 0.233. The molecule has 2 atom stereocenters. The largest absolute Gasteiger partial charge is 0.459 e. The van der Waals surface area contributed by atoms with Crippen molar-refractivity contribution in [3.8, 4) is 11.3 Å². The standard InChI is InChI=1S/C25H20N4O3S/c1-16-5-4-6-19(15-16)28-24(23(27-25(28)33)20-7-2-3-14-26-20)22-13-12-21(32-22)17-8-10-18(11-9-17)29(30)31/h2-15,23-24H,1H3,(H,27,33)/t23-,24-/m0/s1. The SMILES string of the molecule is Cc1cccc(N2C(=S)N[C@@H](c3ccccn3)[C@@H]2c2ccc(-c3ccc([N+](=O)[O-])cc3)o2)c1. The maximum Gasteiger partial charge on any atom is 0.269 e. The molecule has 4 aromatic rings. The number of hydrogen-bond donors (Lipinski definition) is 1. The molecule has 2 aromatic carbocycles. The number of hydrogen-bond acceptors (Lipinski definition) is 5. The number of non-ortho nitro benzene ring substituents is 1. The molecule has 1 fully saturated rings. The van der Waals surface area contributed by atoms with Crippen LogP contribution in [0, 0.1) is 17.0 Å². The Kier molecular flexibility index (Phi) is 5.35. The molecule has 1 aliphatic rings.